The van der Waals surface area contributed by atoms with E-state index in [-0.39, 0.29) is 11.7 Å². The molecule has 1 aromatic heterocycles. The standard InChI is InChI=1S/C23H24FN3O2/c1-25-13-16-7-6-12-27(15-16)23(28)18-9-3-2-8-17(18)22-26-14-21(29-22)19-10-4-5-11-20(19)24/h2-5,8-11,14,16,25H,6-7,12-13,15H2,1H3/t16-/m0/s1. The zero-order valence-electron chi connectivity index (χ0n) is 16.4. The number of likely N-dealkylation sites (tertiary alicyclic amines) is 1. The molecule has 0 aliphatic carbocycles. The van der Waals surface area contributed by atoms with Crippen molar-refractivity contribution in [3.8, 4) is 22.8 Å². The predicted octanol–water partition coefficient (Wildman–Crippen LogP) is 4.22. The van der Waals surface area contributed by atoms with Gasteiger partial charge in [-0.2, -0.15) is 0 Å². The minimum atomic E-state index is -0.372. The van der Waals surface area contributed by atoms with Gasteiger partial charge < -0.3 is 14.6 Å². The molecule has 0 radical (unpaired) electrons. The van der Waals surface area contributed by atoms with Crippen molar-refractivity contribution < 1.29 is 13.6 Å². The van der Waals surface area contributed by atoms with Gasteiger partial charge in [-0.3, -0.25) is 4.79 Å². The number of rotatable bonds is 5. The first-order valence-electron chi connectivity index (χ1n) is 9.91. The van der Waals surface area contributed by atoms with E-state index < -0.39 is 0 Å². The molecule has 1 atom stereocenters. The fraction of sp³-hybridized carbons (Fsp3) is 0.304. The van der Waals surface area contributed by atoms with Crippen molar-refractivity contribution in [3.05, 3.63) is 66.1 Å². The van der Waals surface area contributed by atoms with E-state index >= 15 is 0 Å². The number of benzene rings is 2. The second-order valence-corrected chi connectivity index (χ2v) is 7.37. The van der Waals surface area contributed by atoms with Crippen molar-refractivity contribution in [2.24, 2.45) is 5.92 Å². The van der Waals surface area contributed by atoms with Crippen molar-refractivity contribution >= 4 is 5.91 Å². The monoisotopic (exact) mass is 393 g/mol. The molecule has 5 nitrogen and oxygen atoms in total. The zero-order valence-corrected chi connectivity index (χ0v) is 16.4. The quantitative estimate of drug-likeness (QED) is 0.705. The highest BCUT2D eigenvalue weighted by molar-refractivity contribution is 6.00. The lowest BCUT2D eigenvalue weighted by Crippen LogP contribution is -2.42. The minimum absolute atomic E-state index is 0.0213. The minimum Gasteiger partial charge on any atom is -0.436 e. The molecule has 1 fully saturated rings. The number of halogens is 1. The third kappa shape index (κ3) is 4.07. The summed E-state index contributed by atoms with van der Waals surface area (Å²) in [4.78, 5) is 19.5. The first-order valence-corrected chi connectivity index (χ1v) is 9.91. The molecule has 0 spiro atoms. The van der Waals surface area contributed by atoms with Gasteiger partial charge in [0.15, 0.2) is 5.76 Å². The molecule has 1 saturated heterocycles. The van der Waals surface area contributed by atoms with Gasteiger partial charge in [0.05, 0.1) is 17.3 Å². The summed E-state index contributed by atoms with van der Waals surface area (Å²) < 4.78 is 19.9. The van der Waals surface area contributed by atoms with Crippen LogP contribution < -0.4 is 5.32 Å². The van der Waals surface area contributed by atoms with Crippen molar-refractivity contribution in [1.29, 1.82) is 0 Å². The highest BCUT2D eigenvalue weighted by Crippen LogP contribution is 2.30. The van der Waals surface area contributed by atoms with Gasteiger partial charge in [0.2, 0.25) is 5.89 Å². The summed E-state index contributed by atoms with van der Waals surface area (Å²) in [5.74, 6) is 0.721. The van der Waals surface area contributed by atoms with E-state index in [1.165, 1.54) is 12.3 Å². The number of aromatic nitrogens is 1. The van der Waals surface area contributed by atoms with Gasteiger partial charge in [0.25, 0.3) is 5.91 Å². The molecule has 1 aliphatic rings. The molecule has 3 aromatic rings. The Morgan fingerprint density at radius 3 is 2.76 bits per heavy atom. The Balaban J connectivity index is 1.62. The van der Waals surface area contributed by atoms with Crippen molar-refractivity contribution in [3.63, 3.8) is 0 Å². The summed E-state index contributed by atoms with van der Waals surface area (Å²) in [6, 6.07) is 13.7. The maximum atomic E-state index is 14.1. The van der Waals surface area contributed by atoms with E-state index in [1.807, 2.05) is 30.1 Å². The molecule has 29 heavy (non-hydrogen) atoms. The number of oxazole rings is 1. The van der Waals surface area contributed by atoms with Gasteiger partial charge in [-0.25, -0.2) is 9.37 Å². The van der Waals surface area contributed by atoms with E-state index in [4.69, 9.17) is 4.42 Å². The lowest BCUT2D eigenvalue weighted by atomic mass is 9.96. The number of piperidine rings is 1. The predicted molar refractivity (Wildman–Crippen MR) is 110 cm³/mol. The summed E-state index contributed by atoms with van der Waals surface area (Å²) in [6.45, 7) is 2.39. The normalized spacial score (nSPS) is 16.8. The molecule has 4 rings (SSSR count). The van der Waals surface area contributed by atoms with E-state index in [2.05, 4.69) is 10.3 Å². The number of nitrogens with zero attached hydrogens (tertiary/aromatic N) is 2. The second-order valence-electron chi connectivity index (χ2n) is 7.37. The second kappa shape index (κ2) is 8.57. The summed E-state index contributed by atoms with van der Waals surface area (Å²) in [5, 5.41) is 3.20. The van der Waals surface area contributed by atoms with Crippen molar-refractivity contribution in [2.45, 2.75) is 12.8 Å². The van der Waals surface area contributed by atoms with Crippen LogP contribution >= 0.6 is 0 Å². The Morgan fingerprint density at radius 1 is 1.21 bits per heavy atom. The van der Waals surface area contributed by atoms with E-state index in [0.29, 0.717) is 34.3 Å². The van der Waals surface area contributed by atoms with Crippen LogP contribution in [0.2, 0.25) is 0 Å². The Kier molecular flexibility index (Phi) is 5.71. The number of nitrogens with one attached hydrogen (secondary N) is 1. The van der Waals surface area contributed by atoms with Gasteiger partial charge in [-0.1, -0.05) is 24.3 Å². The summed E-state index contributed by atoms with van der Waals surface area (Å²) in [5.41, 5.74) is 1.52. The first-order chi connectivity index (χ1) is 14.2. The van der Waals surface area contributed by atoms with Crippen LogP contribution in [0, 0.1) is 11.7 Å². The SMILES string of the molecule is CNC[C@@H]1CCCN(C(=O)c2ccccc2-c2ncc(-c3ccccc3F)o2)C1. The molecule has 1 aliphatic heterocycles. The fourth-order valence-electron chi connectivity index (χ4n) is 3.92. The number of carbonyl (C=O) groups is 1. The molecule has 2 aromatic carbocycles. The average molecular weight is 393 g/mol. The highest BCUT2D eigenvalue weighted by Gasteiger charge is 2.26. The number of hydrogen-bond donors (Lipinski definition) is 1. The number of amides is 1. The van der Waals surface area contributed by atoms with Gasteiger partial charge >= 0.3 is 0 Å². The van der Waals surface area contributed by atoms with Gasteiger partial charge in [-0.15, -0.1) is 0 Å². The largest absolute Gasteiger partial charge is 0.436 e. The van der Waals surface area contributed by atoms with Gasteiger partial charge in [0, 0.05) is 18.7 Å². The van der Waals surface area contributed by atoms with Gasteiger partial charge in [0.1, 0.15) is 5.82 Å². The van der Waals surface area contributed by atoms with Crippen LogP contribution in [0.5, 0.6) is 0 Å². The van der Waals surface area contributed by atoms with Crippen LogP contribution in [-0.4, -0.2) is 42.5 Å². The maximum absolute atomic E-state index is 14.1. The van der Waals surface area contributed by atoms with Crippen LogP contribution in [0.3, 0.4) is 0 Å². The fourth-order valence-corrected chi connectivity index (χ4v) is 3.92. The molecule has 1 amide bonds. The molecule has 150 valence electrons. The maximum Gasteiger partial charge on any atom is 0.254 e. The average Bonchev–Trinajstić information content (AvgIpc) is 3.24. The number of carbonyl (C=O) groups excluding carboxylic acids is 1. The molecular formula is C23H24FN3O2. The summed E-state index contributed by atoms with van der Waals surface area (Å²) in [6.07, 6.45) is 3.62. The van der Waals surface area contributed by atoms with E-state index in [9.17, 15) is 9.18 Å². The van der Waals surface area contributed by atoms with Crippen LogP contribution in [0.4, 0.5) is 4.39 Å². The van der Waals surface area contributed by atoms with Crippen LogP contribution in [0.1, 0.15) is 23.2 Å². The van der Waals surface area contributed by atoms with Crippen LogP contribution in [0.25, 0.3) is 22.8 Å². The lowest BCUT2D eigenvalue weighted by molar-refractivity contribution is 0.0675. The molecule has 2 heterocycles. The molecular weight excluding hydrogens is 369 g/mol. The third-order valence-corrected chi connectivity index (χ3v) is 5.33. The van der Waals surface area contributed by atoms with E-state index in [0.717, 1.165) is 32.5 Å². The lowest BCUT2D eigenvalue weighted by Gasteiger charge is -2.33. The topological polar surface area (TPSA) is 58.4 Å². The molecule has 1 N–H and O–H groups in total. The first kappa shape index (κ1) is 19.3. The smallest absolute Gasteiger partial charge is 0.254 e. The summed E-state index contributed by atoms with van der Waals surface area (Å²) in [7, 11) is 1.94. The molecule has 0 bridgehead atoms. The summed E-state index contributed by atoms with van der Waals surface area (Å²) >= 11 is 0. The van der Waals surface area contributed by atoms with E-state index in [1.54, 1.807) is 24.3 Å². The zero-order chi connectivity index (χ0) is 20.2. The van der Waals surface area contributed by atoms with Crippen LogP contribution in [0.15, 0.2) is 59.1 Å². The van der Waals surface area contributed by atoms with Gasteiger partial charge in [-0.05, 0) is 56.6 Å². The van der Waals surface area contributed by atoms with Crippen LogP contribution in [-0.2, 0) is 0 Å². The molecule has 0 saturated carbocycles. The molecule has 0 unspecified atom stereocenters. The van der Waals surface area contributed by atoms with Crippen molar-refractivity contribution in [2.75, 3.05) is 26.7 Å². The Labute approximate surface area is 169 Å². The highest BCUT2D eigenvalue weighted by atomic mass is 19.1. The Hall–Kier alpha value is -2.99. The Morgan fingerprint density at radius 2 is 1.97 bits per heavy atom. The molecule has 6 heteroatoms. The third-order valence-electron chi connectivity index (χ3n) is 5.33. The van der Waals surface area contributed by atoms with Crippen molar-refractivity contribution in [1.82, 2.24) is 15.2 Å². The number of hydrogen-bond acceptors (Lipinski definition) is 4. The Bertz CT molecular complexity index is 999.